The number of aromatic nitrogens is 2. The van der Waals surface area contributed by atoms with Crippen molar-refractivity contribution in [2.75, 3.05) is 43.9 Å². The van der Waals surface area contributed by atoms with Crippen molar-refractivity contribution in [3.8, 4) is 6.19 Å². The van der Waals surface area contributed by atoms with Crippen molar-refractivity contribution >= 4 is 11.6 Å². The van der Waals surface area contributed by atoms with E-state index in [4.69, 9.17) is 5.26 Å². The van der Waals surface area contributed by atoms with Gasteiger partial charge in [-0.25, -0.2) is 9.97 Å². The summed E-state index contributed by atoms with van der Waals surface area (Å²) in [6, 6.07) is 1.81. The largest absolute Gasteiger partial charge is 0.359 e. The van der Waals surface area contributed by atoms with E-state index in [9.17, 15) is 0 Å². The molecule has 1 aliphatic heterocycles. The molecule has 0 saturated carbocycles. The van der Waals surface area contributed by atoms with Gasteiger partial charge in [-0.1, -0.05) is 0 Å². The van der Waals surface area contributed by atoms with Gasteiger partial charge in [0.25, 0.3) is 0 Å². The van der Waals surface area contributed by atoms with Crippen LogP contribution in [-0.4, -0.2) is 48.6 Å². The van der Waals surface area contributed by atoms with Gasteiger partial charge >= 0.3 is 0 Å². The number of nitrogens with zero attached hydrogens (tertiary/aromatic N) is 5. The van der Waals surface area contributed by atoms with E-state index < -0.39 is 0 Å². The van der Waals surface area contributed by atoms with Crippen LogP contribution in [0.1, 0.15) is 12.2 Å². The lowest BCUT2D eigenvalue weighted by Crippen LogP contribution is -2.28. The van der Waals surface area contributed by atoms with Gasteiger partial charge in [0.2, 0.25) is 0 Å². The van der Waals surface area contributed by atoms with Gasteiger partial charge in [-0.05, 0) is 32.9 Å². The van der Waals surface area contributed by atoms with Gasteiger partial charge in [-0.2, -0.15) is 5.26 Å². The summed E-state index contributed by atoms with van der Waals surface area (Å²) in [5, 5.41) is 11.2. The van der Waals surface area contributed by atoms with Crippen molar-refractivity contribution in [2.45, 2.75) is 13.3 Å². The highest BCUT2D eigenvalue weighted by atomic mass is 15.2. The number of nitriles is 1. The molecule has 0 amide bonds. The van der Waals surface area contributed by atoms with Gasteiger partial charge in [0.1, 0.15) is 17.5 Å². The Hall–Kier alpha value is -1.87. The van der Waals surface area contributed by atoms with Crippen molar-refractivity contribution in [2.24, 2.45) is 5.92 Å². The smallest absolute Gasteiger partial charge is 0.182 e. The topological polar surface area (TPSA) is 68.1 Å². The first kappa shape index (κ1) is 13.6. The molecule has 6 heteroatoms. The maximum Gasteiger partial charge on any atom is 0.182 e. The maximum absolute atomic E-state index is 8.66. The first-order chi connectivity index (χ1) is 9.08. The summed E-state index contributed by atoms with van der Waals surface area (Å²) in [5.41, 5.74) is 0. The number of hydrogen-bond donors (Lipinski definition) is 1. The molecule has 0 aromatic carbocycles. The van der Waals surface area contributed by atoms with Crippen molar-refractivity contribution < 1.29 is 0 Å². The first-order valence-electron chi connectivity index (χ1n) is 6.49. The third kappa shape index (κ3) is 3.55. The number of anilines is 2. The van der Waals surface area contributed by atoms with E-state index in [2.05, 4.69) is 32.1 Å². The van der Waals surface area contributed by atoms with Gasteiger partial charge in [0.15, 0.2) is 6.19 Å². The predicted octanol–water partition coefficient (Wildman–Crippen LogP) is 1.07. The monoisotopic (exact) mass is 260 g/mol. The molecule has 1 N–H and O–H groups in total. The van der Waals surface area contributed by atoms with E-state index in [0.717, 1.165) is 18.9 Å². The highest BCUT2D eigenvalue weighted by molar-refractivity contribution is 5.50. The third-order valence-corrected chi connectivity index (χ3v) is 3.42. The molecule has 0 radical (unpaired) electrons. The van der Waals surface area contributed by atoms with E-state index in [-0.39, 0.29) is 0 Å². The summed E-state index contributed by atoms with van der Waals surface area (Å²) in [7, 11) is 4.19. The van der Waals surface area contributed by atoms with E-state index in [1.165, 1.54) is 13.0 Å². The molecule has 0 aliphatic carbocycles. The van der Waals surface area contributed by atoms with Crippen LogP contribution in [0.4, 0.5) is 11.6 Å². The van der Waals surface area contributed by atoms with Gasteiger partial charge in [-0.15, -0.1) is 0 Å². The fourth-order valence-corrected chi connectivity index (χ4v) is 2.52. The summed E-state index contributed by atoms with van der Waals surface area (Å²) >= 11 is 0. The summed E-state index contributed by atoms with van der Waals surface area (Å²) in [5.74, 6) is 2.77. The van der Waals surface area contributed by atoms with Crippen LogP contribution in [0.15, 0.2) is 6.07 Å². The van der Waals surface area contributed by atoms with Crippen LogP contribution in [0.3, 0.4) is 0 Å². The lowest BCUT2D eigenvalue weighted by atomic mass is 10.1. The Morgan fingerprint density at radius 3 is 3.00 bits per heavy atom. The molecule has 19 heavy (non-hydrogen) atoms. The molecule has 1 unspecified atom stereocenters. The molecule has 2 rings (SSSR count). The normalized spacial score (nSPS) is 19.2. The Bertz CT molecular complexity index is 481. The molecule has 102 valence electrons. The lowest BCUT2D eigenvalue weighted by Gasteiger charge is -2.22. The van der Waals surface area contributed by atoms with Crippen LogP contribution in [0.2, 0.25) is 0 Å². The fraction of sp³-hybridized carbons (Fsp3) is 0.615. The second-order valence-corrected chi connectivity index (χ2v) is 5.19. The Labute approximate surface area is 114 Å². The van der Waals surface area contributed by atoms with Crippen molar-refractivity contribution in [1.82, 2.24) is 14.9 Å². The third-order valence-electron chi connectivity index (χ3n) is 3.42. The SMILES string of the molecule is Cc1nc(NC#N)cc(N(C)CC2CCN(C)C2)n1. The number of rotatable bonds is 4. The molecule has 0 spiro atoms. The molecule has 2 heterocycles. The molecule has 1 aromatic heterocycles. The Balaban J connectivity index is 2.06. The van der Waals surface area contributed by atoms with Gasteiger partial charge in [0.05, 0.1) is 0 Å². The molecule has 1 fully saturated rings. The molecule has 6 nitrogen and oxygen atoms in total. The molecule has 1 aromatic rings. The maximum atomic E-state index is 8.66. The lowest BCUT2D eigenvalue weighted by molar-refractivity contribution is 0.395. The zero-order valence-corrected chi connectivity index (χ0v) is 11.7. The van der Waals surface area contributed by atoms with Crippen molar-refractivity contribution in [3.05, 3.63) is 11.9 Å². The first-order valence-corrected chi connectivity index (χ1v) is 6.49. The zero-order chi connectivity index (χ0) is 13.8. The van der Waals surface area contributed by atoms with Crippen LogP contribution in [0.25, 0.3) is 0 Å². The van der Waals surface area contributed by atoms with Gasteiger partial charge in [-0.3, -0.25) is 5.32 Å². The average molecular weight is 260 g/mol. The van der Waals surface area contributed by atoms with Crippen LogP contribution in [0, 0.1) is 24.3 Å². The molecule has 1 atom stereocenters. The quantitative estimate of drug-likeness (QED) is 0.645. The average Bonchev–Trinajstić information content (AvgIpc) is 2.74. The minimum atomic E-state index is 0.556. The highest BCUT2D eigenvalue weighted by Crippen LogP contribution is 2.20. The summed E-state index contributed by atoms with van der Waals surface area (Å²) in [4.78, 5) is 13.1. The van der Waals surface area contributed by atoms with E-state index in [0.29, 0.717) is 17.6 Å². The van der Waals surface area contributed by atoms with E-state index in [1.807, 2.05) is 26.2 Å². The van der Waals surface area contributed by atoms with Crippen LogP contribution in [0.5, 0.6) is 0 Å². The molecular formula is C13H20N6. The predicted molar refractivity (Wildman–Crippen MR) is 74.9 cm³/mol. The summed E-state index contributed by atoms with van der Waals surface area (Å²) in [6.07, 6.45) is 3.12. The highest BCUT2D eigenvalue weighted by Gasteiger charge is 2.21. The molecule has 1 aliphatic rings. The Kier molecular flexibility index (Phi) is 4.17. The minimum Gasteiger partial charge on any atom is -0.359 e. The van der Waals surface area contributed by atoms with Crippen molar-refractivity contribution in [3.63, 3.8) is 0 Å². The number of nitrogens with one attached hydrogen (secondary N) is 1. The zero-order valence-electron chi connectivity index (χ0n) is 11.7. The summed E-state index contributed by atoms with van der Waals surface area (Å²) in [6.45, 7) is 5.12. The summed E-state index contributed by atoms with van der Waals surface area (Å²) < 4.78 is 0. The van der Waals surface area contributed by atoms with Gasteiger partial charge in [0, 0.05) is 26.2 Å². The molecular weight excluding hydrogens is 240 g/mol. The van der Waals surface area contributed by atoms with Crippen LogP contribution < -0.4 is 10.2 Å². The second kappa shape index (κ2) is 5.85. The molecule has 0 bridgehead atoms. The minimum absolute atomic E-state index is 0.556. The fourth-order valence-electron chi connectivity index (χ4n) is 2.52. The number of hydrogen-bond acceptors (Lipinski definition) is 6. The van der Waals surface area contributed by atoms with Crippen molar-refractivity contribution in [1.29, 1.82) is 5.26 Å². The van der Waals surface area contributed by atoms with E-state index in [1.54, 1.807) is 0 Å². The van der Waals surface area contributed by atoms with Gasteiger partial charge < -0.3 is 9.80 Å². The Morgan fingerprint density at radius 1 is 1.58 bits per heavy atom. The van der Waals surface area contributed by atoms with E-state index >= 15 is 0 Å². The second-order valence-electron chi connectivity index (χ2n) is 5.19. The standard InChI is InChI=1S/C13H20N6/c1-10-16-12(15-9-14)6-13(17-10)19(3)8-11-4-5-18(2)7-11/h6,11H,4-5,7-8H2,1-3H3,(H,15,16,17). The number of aryl methyl sites for hydroxylation is 1. The van der Waals surface area contributed by atoms with Crippen LogP contribution >= 0.6 is 0 Å². The van der Waals surface area contributed by atoms with Crippen LogP contribution in [-0.2, 0) is 0 Å². The molecule has 1 saturated heterocycles. The number of likely N-dealkylation sites (tertiary alicyclic amines) is 1. The Morgan fingerprint density at radius 2 is 2.37 bits per heavy atom.